The van der Waals surface area contributed by atoms with Gasteiger partial charge in [-0.15, -0.1) is 0 Å². The second-order valence-electron chi connectivity index (χ2n) is 5.93. The summed E-state index contributed by atoms with van der Waals surface area (Å²) in [7, 11) is 0. The SMILES string of the molecule is CC[C@]1(C)CN2CC[C@@H](c3ccc(F)c(F)c3)N2C1=O. The Balaban J connectivity index is 1.93. The molecule has 2 aliphatic rings. The first kappa shape index (κ1) is 13.5. The molecule has 0 N–H and O–H groups in total. The van der Waals surface area contributed by atoms with Crippen molar-refractivity contribution in [1.82, 2.24) is 10.0 Å². The zero-order chi connectivity index (χ0) is 14.5. The first-order valence-electron chi connectivity index (χ1n) is 7.00. The number of hydrazine groups is 1. The Bertz CT molecular complexity index is 563. The average molecular weight is 280 g/mol. The second kappa shape index (κ2) is 4.52. The van der Waals surface area contributed by atoms with Crippen LogP contribution in [-0.2, 0) is 4.79 Å². The molecule has 3 nitrogen and oxygen atoms in total. The molecule has 3 rings (SSSR count). The van der Waals surface area contributed by atoms with Crippen molar-refractivity contribution in [2.45, 2.75) is 32.7 Å². The molecular weight excluding hydrogens is 262 g/mol. The highest BCUT2D eigenvalue weighted by Crippen LogP contribution is 2.43. The maximum atomic E-state index is 13.4. The van der Waals surface area contributed by atoms with Crippen LogP contribution in [0.25, 0.3) is 0 Å². The number of amides is 1. The molecule has 2 atom stereocenters. The molecule has 108 valence electrons. The van der Waals surface area contributed by atoms with E-state index in [0.29, 0.717) is 12.1 Å². The largest absolute Gasteiger partial charge is 0.273 e. The van der Waals surface area contributed by atoms with Crippen LogP contribution in [-0.4, -0.2) is 29.0 Å². The van der Waals surface area contributed by atoms with E-state index in [4.69, 9.17) is 0 Å². The molecule has 0 saturated carbocycles. The molecule has 0 aromatic heterocycles. The molecule has 5 heteroatoms. The second-order valence-corrected chi connectivity index (χ2v) is 5.93. The first-order chi connectivity index (χ1) is 9.46. The first-order valence-corrected chi connectivity index (χ1v) is 7.00. The number of halogens is 2. The summed E-state index contributed by atoms with van der Waals surface area (Å²) in [6, 6.07) is 3.73. The van der Waals surface area contributed by atoms with E-state index < -0.39 is 11.6 Å². The molecule has 0 spiro atoms. The molecule has 2 aliphatic heterocycles. The van der Waals surface area contributed by atoms with Crippen molar-refractivity contribution in [2.24, 2.45) is 5.41 Å². The zero-order valence-corrected chi connectivity index (χ0v) is 11.7. The van der Waals surface area contributed by atoms with E-state index in [9.17, 15) is 13.6 Å². The van der Waals surface area contributed by atoms with E-state index in [0.717, 1.165) is 25.5 Å². The van der Waals surface area contributed by atoms with Crippen LogP contribution in [0.4, 0.5) is 8.78 Å². The van der Waals surface area contributed by atoms with Crippen LogP contribution in [0.15, 0.2) is 18.2 Å². The Morgan fingerprint density at radius 2 is 2.10 bits per heavy atom. The van der Waals surface area contributed by atoms with Gasteiger partial charge in [0.15, 0.2) is 11.6 Å². The molecule has 0 radical (unpaired) electrons. The Labute approximate surface area is 117 Å². The van der Waals surface area contributed by atoms with Gasteiger partial charge in [0.25, 0.3) is 0 Å². The summed E-state index contributed by atoms with van der Waals surface area (Å²) in [5, 5.41) is 3.79. The number of hydrogen-bond acceptors (Lipinski definition) is 2. The summed E-state index contributed by atoms with van der Waals surface area (Å²) in [6.45, 7) is 5.47. The van der Waals surface area contributed by atoms with Gasteiger partial charge in [-0.2, -0.15) is 0 Å². The van der Waals surface area contributed by atoms with Crippen molar-refractivity contribution in [3.8, 4) is 0 Å². The van der Waals surface area contributed by atoms with Crippen LogP contribution in [0, 0.1) is 17.0 Å². The van der Waals surface area contributed by atoms with Crippen molar-refractivity contribution >= 4 is 5.91 Å². The minimum atomic E-state index is -0.856. The number of benzene rings is 1. The highest BCUT2D eigenvalue weighted by Gasteiger charge is 2.51. The number of fused-ring (bicyclic) bond motifs is 1. The lowest BCUT2D eigenvalue weighted by Gasteiger charge is -2.26. The van der Waals surface area contributed by atoms with Gasteiger partial charge < -0.3 is 0 Å². The third-order valence-corrected chi connectivity index (χ3v) is 4.63. The molecule has 0 aliphatic carbocycles. The highest BCUT2D eigenvalue weighted by atomic mass is 19.2. The molecule has 20 heavy (non-hydrogen) atoms. The molecule has 2 saturated heterocycles. The van der Waals surface area contributed by atoms with Gasteiger partial charge in [0.2, 0.25) is 5.91 Å². The third-order valence-electron chi connectivity index (χ3n) is 4.63. The lowest BCUT2D eigenvalue weighted by molar-refractivity contribution is -0.142. The highest BCUT2D eigenvalue weighted by molar-refractivity contribution is 5.84. The van der Waals surface area contributed by atoms with Gasteiger partial charge in [0.05, 0.1) is 11.5 Å². The summed E-state index contributed by atoms with van der Waals surface area (Å²) < 4.78 is 26.4. The van der Waals surface area contributed by atoms with Crippen LogP contribution in [0.2, 0.25) is 0 Å². The smallest absolute Gasteiger partial charge is 0.244 e. The maximum Gasteiger partial charge on any atom is 0.244 e. The zero-order valence-electron chi connectivity index (χ0n) is 11.7. The van der Waals surface area contributed by atoms with Crippen molar-refractivity contribution in [2.75, 3.05) is 13.1 Å². The van der Waals surface area contributed by atoms with E-state index in [1.807, 2.05) is 18.9 Å². The molecule has 1 aromatic carbocycles. The lowest BCUT2D eigenvalue weighted by Crippen LogP contribution is -2.36. The Morgan fingerprint density at radius 1 is 1.35 bits per heavy atom. The maximum absolute atomic E-state index is 13.4. The number of rotatable bonds is 2. The fourth-order valence-corrected chi connectivity index (χ4v) is 3.16. The van der Waals surface area contributed by atoms with Crippen LogP contribution in [0.5, 0.6) is 0 Å². The van der Waals surface area contributed by atoms with E-state index in [1.54, 1.807) is 11.1 Å². The predicted octanol–water partition coefficient (Wildman–Crippen LogP) is 2.89. The van der Waals surface area contributed by atoms with Crippen LogP contribution in [0.3, 0.4) is 0 Å². The third kappa shape index (κ3) is 1.84. The topological polar surface area (TPSA) is 23.6 Å². The van der Waals surface area contributed by atoms with Gasteiger partial charge in [-0.1, -0.05) is 13.0 Å². The average Bonchev–Trinajstić information content (AvgIpc) is 2.93. The fourth-order valence-electron chi connectivity index (χ4n) is 3.16. The standard InChI is InChI=1S/C15H18F2N2O/c1-3-15(2)9-18-7-6-13(19(18)14(15)20)10-4-5-11(16)12(17)8-10/h4-5,8,13H,3,6-7,9H2,1-2H3/t13-,15+/m0/s1. The number of hydrogen-bond donors (Lipinski definition) is 0. The summed E-state index contributed by atoms with van der Waals surface area (Å²) in [5.74, 6) is -1.62. The van der Waals surface area contributed by atoms with Crippen LogP contribution in [0.1, 0.15) is 38.3 Å². The minimum absolute atomic E-state index is 0.0900. The van der Waals surface area contributed by atoms with Gasteiger partial charge in [-0.05, 0) is 37.5 Å². The summed E-state index contributed by atoms with van der Waals surface area (Å²) in [4.78, 5) is 12.6. The number of carbonyl (C=O) groups excluding carboxylic acids is 1. The van der Waals surface area contributed by atoms with Crippen molar-refractivity contribution < 1.29 is 13.6 Å². The quantitative estimate of drug-likeness (QED) is 0.831. The molecule has 1 aromatic rings. The van der Waals surface area contributed by atoms with Gasteiger partial charge in [-0.3, -0.25) is 9.80 Å². The van der Waals surface area contributed by atoms with Gasteiger partial charge in [0, 0.05) is 13.1 Å². The van der Waals surface area contributed by atoms with E-state index in [1.165, 1.54) is 6.07 Å². The molecule has 2 heterocycles. The van der Waals surface area contributed by atoms with Gasteiger partial charge >= 0.3 is 0 Å². The Kier molecular flexibility index (Phi) is 3.05. The minimum Gasteiger partial charge on any atom is -0.273 e. The number of nitrogens with zero attached hydrogens (tertiary/aromatic N) is 2. The molecule has 1 amide bonds. The van der Waals surface area contributed by atoms with E-state index in [-0.39, 0.29) is 17.4 Å². The molecule has 2 fully saturated rings. The normalized spacial score (nSPS) is 30.1. The summed E-state index contributed by atoms with van der Waals surface area (Å²) in [5.41, 5.74) is 0.303. The summed E-state index contributed by atoms with van der Waals surface area (Å²) >= 11 is 0. The Hall–Kier alpha value is -1.49. The molecule has 0 unspecified atom stereocenters. The molecule has 0 bridgehead atoms. The van der Waals surface area contributed by atoms with Crippen molar-refractivity contribution in [3.63, 3.8) is 0 Å². The van der Waals surface area contributed by atoms with Crippen LogP contribution < -0.4 is 0 Å². The summed E-state index contributed by atoms with van der Waals surface area (Å²) in [6.07, 6.45) is 1.54. The van der Waals surface area contributed by atoms with E-state index in [2.05, 4.69) is 0 Å². The Morgan fingerprint density at radius 3 is 2.75 bits per heavy atom. The predicted molar refractivity (Wildman–Crippen MR) is 70.5 cm³/mol. The monoisotopic (exact) mass is 280 g/mol. The van der Waals surface area contributed by atoms with Crippen LogP contribution >= 0.6 is 0 Å². The molecular formula is C15H18F2N2O. The number of carbonyl (C=O) groups is 1. The van der Waals surface area contributed by atoms with E-state index >= 15 is 0 Å². The van der Waals surface area contributed by atoms with Gasteiger partial charge in [-0.25, -0.2) is 13.8 Å². The van der Waals surface area contributed by atoms with Gasteiger partial charge in [0.1, 0.15) is 0 Å². The fraction of sp³-hybridized carbons (Fsp3) is 0.533. The van der Waals surface area contributed by atoms with Crippen molar-refractivity contribution in [1.29, 1.82) is 0 Å². The lowest BCUT2D eigenvalue weighted by atomic mass is 9.87. The van der Waals surface area contributed by atoms with Crippen molar-refractivity contribution in [3.05, 3.63) is 35.4 Å².